The number of aliphatic hydroxyl groups is 1. The van der Waals surface area contributed by atoms with Gasteiger partial charge in [-0.2, -0.15) is 0 Å². The molecule has 0 saturated heterocycles. The van der Waals surface area contributed by atoms with E-state index in [9.17, 15) is 14.3 Å². The molecule has 0 aromatic heterocycles. The predicted octanol–water partition coefficient (Wildman–Crippen LogP) is 3.82. The normalized spacial score (nSPS) is 21.6. The number of aliphatic hydroxyl groups excluding tert-OH is 1. The summed E-state index contributed by atoms with van der Waals surface area (Å²) >= 11 is 0. The second-order valence-corrected chi connectivity index (χ2v) is 5.66. The van der Waals surface area contributed by atoms with Crippen LogP contribution in [0.15, 0.2) is 48.5 Å². The number of hydrogen-bond acceptors (Lipinski definition) is 3. The maximum Gasteiger partial charge on any atom is 0.136 e. The van der Waals surface area contributed by atoms with Crippen LogP contribution in [0, 0.1) is 5.82 Å². The summed E-state index contributed by atoms with van der Waals surface area (Å²) in [7, 11) is 0. The Balaban J connectivity index is 1.77. The van der Waals surface area contributed by atoms with Gasteiger partial charge in [-0.3, -0.25) is 4.79 Å². The predicted molar refractivity (Wildman–Crippen MR) is 80.5 cm³/mol. The number of ether oxygens (including phenoxy) is 1. The first kappa shape index (κ1) is 14.7. The lowest BCUT2D eigenvalue weighted by molar-refractivity contribution is -0.123. The van der Waals surface area contributed by atoms with E-state index >= 15 is 0 Å². The second-order valence-electron chi connectivity index (χ2n) is 5.66. The molecule has 2 atom stereocenters. The SMILES string of the molecule is O=C1CC(O)CC(c2cccc(Oc3ccc(F)cc3)c2)C1. The highest BCUT2D eigenvalue weighted by atomic mass is 19.1. The van der Waals surface area contributed by atoms with E-state index in [1.165, 1.54) is 12.1 Å². The molecule has 22 heavy (non-hydrogen) atoms. The van der Waals surface area contributed by atoms with Crippen molar-refractivity contribution >= 4 is 5.78 Å². The first-order chi connectivity index (χ1) is 10.6. The van der Waals surface area contributed by atoms with Crippen LogP contribution in [0.2, 0.25) is 0 Å². The third-order valence-electron chi connectivity index (χ3n) is 3.87. The zero-order chi connectivity index (χ0) is 15.5. The summed E-state index contributed by atoms with van der Waals surface area (Å²) in [5.74, 6) is 0.993. The molecule has 0 heterocycles. The van der Waals surface area contributed by atoms with Gasteiger partial charge in [0, 0.05) is 12.8 Å². The highest BCUT2D eigenvalue weighted by Gasteiger charge is 2.27. The summed E-state index contributed by atoms with van der Waals surface area (Å²) in [6.45, 7) is 0. The molecule has 1 saturated carbocycles. The summed E-state index contributed by atoms with van der Waals surface area (Å²) < 4.78 is 18.6. The molecule has 0 aliphatic heterocycles. The van der Waals surface area contributed by atoms with Gasteiger partial charge in [0.15, 0.2) is 0 Å². The Morgan fingerprint density at radius 3 is 2.55 bits per heavy atom. The molecule has 3 rings (SSSR count). The van der Waals surface area contributed by atoms with Crippen molar-refractivity contribution in [1.82, 2.24) is 0 Å². The molecule has 2 aromatic carbocycles. The summed E-state index contributed by atoms with van der Waals surface area (Å²) in [6, 6.07) is 13.3. The lowest BCUT2D eigenvalue weighted by Crippen LogP contribution is -2.25. The number of halogens is 1. The highest BCUT2D eigenvalue weighted by Crippen LogP contribution is 2.33. The number of carbonyl (C=O) groups excluding carboxylic acids is 1. The minimum atomic E-state index is -0.562. The number of hydrogen-bond donors (Lipinski definition) is 1. The van der Waals surface area contributed by atoms with Crippen molar-refractivity contribution in [3.8, 4) is 11.5 Å². The van der Waals surface area contributed by atoms with Gasteiger partial charge in [0.05, 0.1) is 6.10 Å². The Bertz CT molecular complexity index is 666. The van der Waals surface area contributed by atoms with Gasteiger partial charge in [0.25, 0.3) is 0 Å². The lowest BCUT2D eigenvalue weighted by atomic mass is 9.82. The Hall–Kier alpha value is -2.20. The van der Waals surface area contributed by atoms with Crippen LogP contribution in [-0.4, -0.2) is 17.0 Å². The topological polar surface area (TPSA) is 46.5 Å². The third-order valence-corrected chi connectivity index (χ3v) is 3.87. The standard InChI is InChI=1S/C18H17FO3/c19-14-4-6-17(7-5-14)22-18-3-1-2-12(10-18)13-8-15(20)11-16(21)9-13/h1-7,10,13,15,20H,8-9,11H2. The van der Waals surface area contributed by atoms with Gasteiger partial charge in [0.1, 0.15) is 23.1 Å². The van der Waals surface area contributed by atoms with Crippen molar-refractivity contribution in [3.05, 3.63) is 59.9 Å². The minimum absolute atomic E-state index is 0.0213. The lowest BCUT2D eigenvalue weighted by Gasteiger charge is -2.25. The van der Waals surface area contributed by atoms with E-state index < -0.39 is 6.10 Å². The van der Waals surface area contributed by atoms with Crippen LogP contribution < -0.4 is 4.74 Å². The summed E-state index contributed by atoms with van der Waals surface area (Å²) in [4.78, 5) is 11.6. The Kier molecular flexibility index (Phi) is 4.20. The number of Topliss-reactive ketones (excluding diaryl/α,β-unsaturated/α-hetero) is 1. The van der Waals surface area contributed by atoms with Crippen LogP contribution in [-0.2, 0) is 4.79 Å². The van der Waals surface area contributed by atoms with Gasteiger partial charge in [-0.1, -0.05) is 12.1 Å². The number of rotatable bonds is 3. The maximum atomic E-state index is 12.9. The van der Waals surface area contributed by atoms with Gasteiger partial charge in [0.2, 0.25) is 0 Å². The number of carbonyl (C=O) groups is 1. The fraction of sp³-hybridized carbons (Fsp3) is 0.278. The molecule has 0 radical (unpaired) electrons. The Labute approximate surface area is 128 Å². The van der Waals surface area contributed by atoms with Gasteiger partial charge in [-0.25, -0.2) is 4.39 Å². The number of ketones is 1. The minimum Gasteiger partial charge on any atom is -0.457 e. The molecule has 3 nitrogen and oxygen atoms in total. The maximum absolute atomic E-state index is 12.9. The molecule has 0 bridgehead atoms. The molecule has 4 heteroatoms. The van der Waals surface area contributed by atoms with E-state index in [1.807, 2.05) is 24.3 Å². The molecule has 1 aliphatic rings. The smallest absolute Gasteiger partial charge is 0.136 e. The van der Waals surface area contributed by atoms with Crippen LogP contribution in [0.25, 0.3) is 0 Å². The Morgan fingerprint density at radius 1 is 1.05 bits per heavy atom. The second kappa shape index (κ2) is 6.28. The fourth-order valence-electron chi connectivity index (χ4n) is 2.84. The van der Waals surface area contributed by atoms with Crippen molar-refractivity contribution in [3.63, 3.8) is 0 Å². The van der Waals surface area contributed by atoms with E-state index in [0.29, 0.717) is 24.3 Å². The van der Waals surface area contributed by atoms with Crippen LogP contribution in [0.5, 0.6) is 11.5 Å². The van der Waals surface area contributed by atoms with E-state index in [-0.39, 0.29) is 23.9 Å². The van der Waals surface area contributed by atoms with Gasteiger partial charge in [-0.05, 0) is 54.3 Å². The molecule has 1 N–H and O–H groups in total. The molecular weight excluding hydrogens is 283 g/mol. The zero-order valence-electron chi connectivity index (χ0n) is 12.0. The molecule has 0 spiro atoms. The van der Waals surface area contributed by atoms with E-state index in [4.69, 9.17) is 4.74 Å². The molecule has 2 unspecified atom stereocenters. The van der Waals surface area contributed by atoms with Crippen LogP contribution in [0.4, 0.5) is 4.39 Å². The van der Waals surface area contributed by atoms with Crippen molar-refractivity contribution in [2.45, 2.75) is 31.3 Å². The molecule has 2 aromatic rings. The summed E-state index contributed by atoms with van der Waals surface area (Å²) in [6.07, 6.45) is 0.735. The number of benzene rings is 2. The van der Waals surface area contributed by atoms with Crippen molar-refractivity contribution in [2.24, 2.45) is 0 Å². The van der Waals surface area contributed by atoms with Gasteiger partial charge in [-0.15, -0.1) is 0 Å². The van der Waals surface area contributed by atoms with Crippen LogP contribution in [0.1, 0.15) is 30.7 Å². The monoisotopic (exact) mass is 300 g/mol. The molecule has 0 amide bonds. The summed E-state index contributed by atoms with van der Waals surface area (Å²) in [5, 5.41) is 9.75. The Morgan fingerprint density at radius 2 is 1.82 bits per heavy atom. The highest BCUT2D eigenvalue weighted by molar-refractivity contribution is 5.80. The van der Waals surface area contributed by atoms with Gasteiger partial charge >= 0.3 is 0 Å². The first-order valence-corrected chi connectivity index (χ1v) is 7.33. The average molecular weight is 300 g/mol. The fourth-order valence-corrected chi connectivity index (χ4v) is 2.84. The van der Waals surface area contributed by atoms with Crippen molar-refractivity contribution in [2.75, 3.05) is 0 Å². The first-order valence-electron chi connectivity index (χ1n) is 7.33. The van der Waals surface area contributed by atoms with Crippen LogP contribution in [0.3, 0.4) is 0 Å². The molecule has 114 valence electrons. The largest absolute Gasteiger partial charge is 0.457 e. The molecule has 1 aliphatic carbocycles. The third kappa shape index (κ3) is 3.52. The van der Waals surface area contributed by atoms with Crippen molar-refractivity contribution < 1.29 is 19.0 Å². The van der Waals surface area contributed by atoms with E-state index in [0.717, 1.165) is 5.56 Å². The average Bonchev–Trinajstić information content (AvgIpc) is 2.49. The summed E-state index contributed by atoms with van der Waals surface area (Å²) in [5.41, 5.74) is 0.978. The van der Waals surface area contributed by atoms with Crippen LogP contribution >= 0.6 is 0 Å². The van der Waals surface area contributed by atoms with Crippen molar-refractivity contribution in [1.29, 1.82) is 0 Å². The molecule has 1 fully saturated rings. The quantitative estimate of drug-likeness (QED) is 0.937. The van der Waals surface area contributed by atoms with Gasteiger partial charge < -0.3 is 9.84 Å². The molecular formula is C18H17FO3. The van der Waals surface area contributed by atoms with E-state index in [1.54, 1.807) is 12.1 Å². The zero-order valence-corrected chi connectivity index (χ0v) is 12.0. The van der Waals surface area contributed by atoms with E-state index in [2.05, 4.69) is 0 Å².